The van der Waals surface area contributed by atoms with Gasteiger partial charge in [-0.05, 0) is 25.1 Å². The number of rotatable bonds is 3. The summed E-state index contributed by atoms with van der Waals surface area (Å²) in [4.78, 5) is 15.1. The van der Waals surface area contributed by atoms with Crippen LogP contribution in [0, 0.1) is 6.92 Å². The van der Waals surface area contributed by atoms with E-state index in [1.165, 1.54) is 4.68 Å². The summed E-state index contributed by atoms with van der Waals surface area (Å²) in [5.74, 6) is -0.975. The first kappa shape index (κ1) is 10.4. The van der Waals surface area contributed by atoms with Crippen molar-refractivity contribution in [2.24, 2.45) is 0 Å². The number of carboxylic acid groups (broad SMARTS) is 1. The maximum atomic E-state index is 10.9. The first-order valence-electron chi connectivity index (χ1n) is 4.84. The van der Waals surface area contributed by atoms with Gasteiger partial charge in [0.15, 0.2) is 0 Å². The number of carbonyl (C=O) groups is 1. The fourth-order valence-corrected chi connectivity index (χ4v) is 1.48. The van der Waals surface area contributed by atoms with Crippen molar-refractivity contribution in [1.29, 1.82) is 0 Å². The quantitative estimate of drug-likeness (QED) is 0.842. The second kappa shape index (κ2) is 4.14. The van der Waals surface area contributed by atoms with E-state index >= 15 is 0 Å². The molecule has 0 saturated heterocycles. The number of aromatic carboxylic acids is 1. The van der Waals surface area contributed by atoms with Gasteiger partial charge in [-0.15, -0.1) is 0 Å². The molecule has 0 aliphatic heterocycles. The molecule has 82 valence electrons. The van der Waals surface area contributed by atoms with Crippen LogP contribution in [0.2, 0.25) is 0 Å². The first-order chi connectivity index (χ1) is 7.66. The second-order valence-corrected chi connectivity index (χ2v) is 3.45. The van der Waals surface area contributed by atoms with Gasteiger partial charge in [0.2, 0.25) is 0 Å². The van der Waals surface area contributed by atoms with Crippen molar-refractivity contribution in [2.75, 3.05) is 0 Å². The number of hydrogen-bond acceptors (Lipinski definition) is 3. The molecule has 0 bridgehead atoms. The normalized spacial score (nSPS) is 10.3. The molecule has 2 rings (SSSR count). The third-order valence-corrected chi connectivity index (χ3v) is 2.16. The smallest absolute Gasteiger partial charge is 0.354 e. The Bertz CT molecular complexity index is 505. The molecule has 0 amide bonds. The van der Waals surface area contributed by atoms with Gasteiger partial charge >= 0.3 is 5.97 Å². The molecular formula is C11H11N3O2. The molecule has 0 aliphatic carbocycles. The fraction of sp³-hybridized carbons (Fsp3) is 0.182. The van der Waals surface area contributed by atoms with Crippen LogP contribution in [-0.4, -0.2) is 25.8 Å². The van der Waals surface area contributed by atoms with Crippen LogP contribution in [0.4, 0.5) is 0 Å². The van der Waals surface area contributed by atoms with E-state index in [9.17, 15) is 4.79 Å². The molecule has 0 aromatic carbocycles. The molecule has 0 saturated carbocycles. The van der Waals surface area contributed by atoms with Crippen LogP contribution in [-0.2, 0) is 6.54 Å². The lowest BCUT2D eigenvalue weighted by atomic mass is 10.3. The van der Waals surface area contributed by atoms with E-state index in [0.29, 0.717) is 12.2 Å². The lowest BCUT2D eigenvalue weighted by molar-refractivity contribution is 0.0684. The molecule has 2 aromatic rings. The third-order valence-electron chi connectivity index (χ3n) is 2.16. The van der Waals surface area contributed by atoms with E-state index in [1.54, 1.807) is 19.2 Å². The highest BCUT2D eigenvalue weighted by molar-refractivity contribution is 5.85. The number of carboxylic acids is 1. The molecule has 1 N–H and O–H groups in total. The SMILES string of the molecule is Cc1cc(C(=O)O)n(Cc2ccccn2)n1. The number of hydrogen-bond donors (Lipinski definition) is 1. The lowest BCUT2D eigenvalue weighted by Crippen LogP contribution is -2.11. The average molecular weight is 217 g/mol. The largest absolute Gasteiger partial charge is 0.477 e. The summed E-state index contributed by atoms with van der Waals surface area (Å²) in [5.41, 5.74) is 1.66. The van der Waals surface area contributed by atoms with Gasteiger partial charge in [-0.25, -0.2) is 4.79 Å². The van der Waals surface area contributed by atoms with Crippen molar-refractivity contribution < 1.29 is 9.90 Å². The molecule has 0 unspecified atom stereocenters. The van der Waals surface area contributed by atoms with Crippen molar-refractivity contribution >= 4 is 5.97 Å². The van der Waals surface area contributed by atoms with Crippen LogP contribution in [0.3, 0.4) is 0 Å². The van der Waals surface area contributed by atoms with Crippen LogP contribution < -0.4 is 0 Å². The summed E-state index contributed by atoms with van der Waals surface area (Å²) >= 11 is 0. The van der Waals surface area contributed by atoms with Crippen molar-refractivity contribution in [1.82, 2.24) is 14.8 Å². The maximum Gasteiger partial charge on any atom is 0.354 e. The van der Waals surface area contributed by atoms with E-state index < -0.39 is 5.97 Å². The van der Waals surface area contributed by atoms with Gasteiger partial charge in [0.25, 0.3) is 0 Å². The van der Waals surface area contributed by atoms with Gasteiger partial charge < -0.3 is 5.11 Å². The summed E-state index contributed by atoms with van der Waals surface area (Å²) in [6.45, 7) is 2.14. The van der Waals surface area contributed by atoms with Crippen LogP contribution in [0.15, 0.2) is 30.5 Å². The molecule has 0 spiro atoms. The molecule has 5 heteroatoms. The number of nitrogens with zero attached hydrogens (tertiary/aromatic N) is 3. The van der Waals surface area contributed by atoms with Gasteiger partial charge in [0, 0.05) is 6.20 Å². The summed E-state index contributed by atoms with van der Waals surface area (Å²) < 4.78 is 1.44. The fourth-order valence-electron chi connectivity index (χ4n) is 1.48. The minimum absolute atomic E-state index is 0.183. The van der Waals surface area contributed by atoms with Crippen molar-refractivity contribution in [3.8, 4) is 0 Å². The van der Waals surface area contributed by atoms with E-state index in [-0.39, 0.29) is 5.69 Å². The topological polar surface area (TPSA) is 68.0 Å². The number of aromatic nitrogens is 3. The standard InChI is InChI=1S/C11H11N3O2/c1-8-6-10(11(15)16)14(13-8)7-9-4-2-3-5-12-9/h2-6H,7H2,1H3,(H,15,16). The molecule has 16 heavy (non-hydrogen) atoms. The van der Waals surface area contributed by atoms with Gasteiger partial charge in [-0.2, -0.15) is 5.10 Å². The summed E-state index contributed by atoms with van der Waals surface area (Å²) in [6.07, 6.45) is 1.67. The zero-order valence-corrected chi connectivity index (χ0v) is 8.79. The molecule has 2 heterocycles. The predicted molar refractivity (Wildman–Crippen MR) is 57.3 cm³/mol. The molecule has 0 radical (unpaired) electrons. The van der Waals surface area contributed by atoms with Crippen molar-refractivity contribution in [3.63, 3.8) is 0 Å². The van der Waals surface area contributed by atoms with Gasteiger partial charge in [0.1, 0.15) is 5.69 Å². The predicted octanol–water partition coefficient (Wildman–Crippen LogP) is 1.33. The Hall–Kier alpha value is -2.17. The molecule has 0 atom stereocenters. The Balaban J connectivity index is 2.31. The molecule has 2 aromatic heterocycles. The summed E-state index contributed by atoms with van der Waals surface area (Å²) in [6, 6.07) is 7.06. The van der Waals surface area contributed by atoms with Crippen molar-refractivity contribution in [2.45, 2.75) is 13.5 Å². The Morgan fingerprint density at radius 1 is 1.50 bits per heavy atom. The Kier molecular flexibility index (Phi) is 2.68. The minimum Gasteiger partial charge on any atom is -0.477 e. The van der Waals surface area contributed by atoms with Crippen LogP contribution in [0.25, 0.3) is 0 Å². The van der Waals surface area contributed by atoms with E-state index in [1.807, 2.05) is 18.2 Å². The lowest BCUT2D eigenvalue weighted by Gasteiger charge is -2.03. The van der Waals surface area contributed by atoms with Crippen LogP contribution in [0.5, 0.6) is 0 Å². The summed E-state index contributed by atoms with van der Waals surface area (Å²) in [7, 11) is 0. The highest BCUT2D eigenvalue weighted by Crippen LogP contribution is 2.06. The first-order valence-corrected chi connectivity index (χ1v) is 4.84. The van der Waals surface area contributed by atoms with Crippen molar-refractivity contribution in [3.05, 3.63) is 47.5 Å². The van der Waals surface area contributed by atoms with Crippen LogP contribution in [0.1, 0.15) is 21.9 Å². The van der Waals surface area contributed by atoms with Gasteiger partial charge in [-0.1, -0.05) is 6.07 Å². The van der Waals surface area contributed by atoms with E-state index in [2.05, 4.69) is 10.1 Å². The molecule has 0 aliphatic rings. The zero-order chi connectivity index (χ0) is 11.5. The monoisotopic (exact) mass is 217 g/mol. The highest BCUT2D eigenvalue weighted by Gasteiger charge is 2.12. The molecule has 5 nitrogen and oxygen atoms in total. The Morgan fingerprint density at radius 3 is 2.94 bits per heavy atom. The second-order valence-electron chi connectivity index (χ2n) is 3.45. The number of aryl methyl sites for hydroxylation is 1. The minimum atomic E-state index is -0.975. The number of pyridine rings is 1. The van der Waals surface area contributed by atoms with E-state index in [0.717, 1.165) is 5.69 Å². The maximum absolute atomic E-state index is 10.9. The molecular weight excluding hydrogens is 206 g/mol. The van der Waals surface area contributed by atoms with Gasteiger partial charge in [0.05, 0.1) is 17.9 Å². The molecule has 0 fully saturated rings. The Morgan fingerprint density at radius 2 is 2.31 bits per heavy atom. The van der Waals surface area contributed by atoms with Gasteiger partial charge in [-0.3, -0.25) is 9.67 Å². The van der Waals surface area contributed by atoms with E-state index in [4.69, 9.17) is 5.11 Å². The highest BCUT2D eigenvalue weighted by atomic mass is 16.4. The average Bonchev–Trinajstić information content (AvgIpc) is 2.61. The van der Waals surface area contributed by atoms with Crippen LogP contribution >= 0.6 is 0 Å². The third kappa shape index (κ3) is 2.08. The zero-order valence-electron chi connectivity index (χ0n) is 8.79. The summed E-state index contributed by atoms with van der Waals surface area (Å²) in [5, 5.41) is 13.1. The Labute approximate surface area is 92.4 Å².